The molecule has 3 heterocycles. The van der Waals surface area contributed by atoms with Crippen molar-refractivity contribution in [2.24, 2.45) is 11.8 Å². The van der Waals surface area contributed by atoms with Gasteiger partial charge in [-0.1, -0.05) is 30.3 Å². The molecule has 3 aliphatic heterocycles. The largest absolute Gasteiger partial charge is 0.302 e. The standard InChI is InChI=1S/C16H19N/c1-2-6-14-11-17-10-9-15(14)16(12-17)13-7-4-3-5-8-13/h1,3-5,7-8,14-16H,6,9-12H2/t14-,15-,16+/m1/s1. The smallest absolute Gasteiger partial charge is 0.0129 e. The molecule has 1 nitrogen and oxygen atoms in total. The molecule has 1 aromatic rings. The van der Waals surface area contributed by atoms with Crippen LogP contribution in [0.1, 0.15) is 24.3 Å². The summed E-state index contributed by atoms with van der Waals surface area (Å²) in [6.07, 6.45) is 7.78. The molecule has 0 aliphatic carbocycles. The van der Waals surface area contributed by atoms with Gasteiger partial charge in [0.2, 0.25) is 0 Å². The number of hydrogen-bond acceptors (Lipinski definition) is 1. The Labute approximate surface area is 104 Å². The molecule has 1 aromatic carbocycles. The van der Waals surface area contributed by atoms with Crippen LogP contribution >= 0.6 is 0 Å². The molecule has 3 aliphatic rings. The Morgan fingerprint density at radius 2 is 2.06 bits per heavy atom. The van der Waals surface area contributed by atoms with Gasteiger partial charge in [-0.05, 0) is 36.3 Å². The van der Waals surface area contributed by atoms with Gasteiger partial charge in [0.05, 0.1) is 0 Å². The van der Waals surface area contributed by atoms with E-state index < -0.39 is 0 Å². The average Bonchev–Trinajstić information content (AvgIpc) is 2.41. The van der Waals surface area contributed by atoms with Crippen LogP contribution in [-0.4, -0.2) is 24.5 Å². The van der Waals surface area contributed by atoms with Crippen LogP contribution in [0.2, 0.25) is 0 Å². The number of piperidine rings is 3. The van der Waals surface area contributed by atoms with Crippen LogP contribution in [0.5, 0.6) is 0 Å². The number of rotatable bonds is 2. The van der Waals surface area contributed by atoms with Crippen molar-refractivity contribution in [2.45, 2.75) is 18.8 Å². The topological polar surface area (TPSA) is 3.24 Å². The lowest BCUT2D eigenvalue weighted by Gasteiger charge is -2.49. The molecule has 0 radical (unpaired) electrons. The van der Waals surface area contributed by atoms with Crippen molar-refractivity contribution in [2.75, 3.05) is 19.6 Å². The van der Waals surface area contributed by atoms with Gasteiger partial charge in [-0.25, -0.2) is 0 Å². The second-order valence-electron chi connectivity index (χ2n) is 5.40. The first kappa shape index (κ1) is 10.9. The molecule has 0 spiro atoms. The highest BCUT2D eigenvalue weighted by Gasteiger charge is 2.40. The molecule has 0 saturated carbocycles. The fourth-order valence-corrected chi connectivity index (χ4v) is 3.65. The van der Waals surface area contributed by atoms with E-state index in [-0.39, 0.29) is 0 Å². The molecular formula is C16H19N. The monoisotopic (exact) mass is 225 g/mol. The molecule has 1 heteroatoms. The molecule has 88 valence electrons. The van der Waals surface area contributed by atoms with E-state index in [0.29, 0.717) is 11.8 Å². The third-order valence-electron chi connectivity index (χ3n) is 4.46. The molecule has 3 fully saturated rings. The Morgan fingerprint density at radius 3 is 2.76 bits per heavy atom. The number of nitrogens with zero attached hydrogens (tertiary/aromatic N) is 1. The van der Waals surface area contributed by atoms with Crippen LogP contribution in [-0.2, 0) is 0 Å². The van der Waals surface area contributed by atoms with Gasteiger partial charge in [-0.2, -0.15) is 0 Å². The van der Waals surface area contributed by atoms with Crippen molar-refractivity contribution in [3.05, 3.63) is 35.9 Å². The van der Waals surface area contributed by atoms with Crippen molar-refractivity contribution in [1.82, 2.24) is 4.90 Å². The molecule has 0 N–H and O–H groups in total. The highest BCUT2D eigenvalue weighted by molar-refractivity contribution is 5.23. The van der Waals surface area contributed by atoms with Gasteiger partial charge in [0, 0.05) is 19.5 Å². The van der Waals surface area contributed by atoms with Crippen LogP contribution in [0.4, 0.5) is 0 Å². The van der Waals surface area contributed by atoms with Gasteiger partial charge in [-0.3, -0.25) is 0 Å². The van der Waals surface area contributed by atoms with Crippen LogP contribution < -0.4 is 0 Å². The SMILES string of the molecule is C#CC[C@@H]1CN2CC[C@H]1[C@H](c1ccccc1)C2. The molecule has 0 aromatic heterocycles. The second-order valence-corrected chi connectivity index (χ2v) is 5.40. The third kappa shape index (κ3) is 1.98. The van der Waals surface area contributed by atoms with Gasteiger partial charge >= 0.3 is 0 Å². The lowest BCUT2D eigenvalue weighted by Crippen LogP contribution is -2.51. The number of terminal acetylenes is 1. The zero-order valence-electron chi connectivity index (χ0n) is 10.2. The minimum atomic E-state index is 0.706. The van der Waals surface area contributed by atoms with E-state index >= 15 is 0 Å². The lowest BCUT2D eigenvalue weighted by molar-refractivity contribution is 0.0322. The molecule has 4 rings (SSSR count). The Morgan fingerprint density at radius 1 is 1.24 bits per heavy atom. The first-order valence-corrected chi connectivity index (χ1v) is 6.59. The van der Waals surface area contributed by atoms with Crippen molar-refractivity contribution < 1.29 is 0 Å². The van der Waals surface area contributed by atoms with Gasteiger partial charge in [0.1, 0.15) is 0 Å². The van der Waals surface area contributed by atoms with Crippen LogP contribution in [0.25, 0.3) is 0 Å². The fourth-order valence-electron chi connectivity index (χ4n) is 3.65. The van der Waals surface area contributed by atoms with Gasteiger partial charge in [0.25, 0.3) is 0 Å². The average molecular weight is 225 g/mol. The van der Waals surface area contributed by atoms with Crippen molar-refractivity contribution >= 4 is 0 Å². The van der Waals surface area contributed by atoms with Gasteiger partial charge in [0.15, 0.2) is 0 Å². The van der Waals surface area contributed by atoms with Crippen molar-refractivity contribution in [3.63, 3.8) is 0 Å². The van der Waals surface area contributed by atoms with Crippen LogP contribution in [0.15, 0.2) is 30.3 Å². The van der Waals surface area contributed by atoms with Gasteiger partial charge in [-0.15, -0.1) is 12.3 Å². The van der Waals surface area contributed by atoms with Crippen molar-refractivity contribution in [1.29, 1.82) is 0 Å². The van der Waals surface area contributed by atoms with E-state index in [0.717, 1.165) is 12.3 Å². The molecule has 3 saturated heterocycles. The molecule has 1 unspecified atom stereocenters. The number of fused-ring (bicyclic) bond motifs is 3. The summed E-state index contributed by atoms with van der Waals surface area (Å²) in [6.45, 7) is 3.73. The molecular weight excluding hydrogens is 206 g/mol. The number of hydrogen-bond donors (Lipinski definition) is 0. The highest BCUT2D eigenvalue weighted by atomic mass is 15.2. The quantitative estimate of drug-likeness (QED) is 0.700. The Kier molecular flexibility index (Phi) is 2.91. The van der Waals surface area contributed by atoms with Crippen LogP contribution in [0, 0.1) is 24.2 Å². The molecule has 0 amide bonds. The normalized spacial score (nSPS) is 35.5. The van der Waals surface area contributed by atoms with E-state index in [1.165, 1.54) is 31.6 Å². The Hall–Kier alpha value is -1.26. The van der Waals surface area contributed by atoms with Crippen LogP contribution in [0.3, 0.4) is 0 Å². The van der Waals surface area contributed by atoms with Crippen molar-refractivity contribution in [3.8, 4) is 12.3 Å². The van der Waals surface area contributed by atoms with E-state index in [1.54, 1.807) is 0 Å². The second kappa shape index (κ2) is 4.55. The first-order valence-electron chi connectivity index (χ1n) is 6.59. The maximum absolute atomic E-state index is 5.51. The molecule has 4 atom stereocenters. The summed E-state index contributed by atoms with van der Waals surface area (Å²) in [4.78, 5) is 2.60. The van der Waals surface area contributed by atoms with Gasteiger partial charge < -0.3 is 4.90 Å². The summed E-state index contributed by atoms with van der Waals surface area (Å²) >= 11 is 0. The number of benzene rings is 1. The zero-order chi connectivity index (χ0) is 11.7. The van der Waals surface area contributed by atoms with E-state index in [9.17, 15) is 0 Å². The third-order valence-corrected chi connectivity index (χ3v) is 4.46. The fraction of sp³-hybridized carbons (Fsp3) is 0.500. The summed E-state index contributed by atoms with van der Waals surface area (Å²) < 4.78 is 0. The van der Waals surface area contributed by atoms with E-state index in [1.807, 2.05) is 0 Å². The molecule has 2 bridgehead atoms. The molecule has 17 heavy (non-hydrogen) atoms. The predicted molar refractivity (Wildman–Crippen MR) is 70.7 cm³/mol. The lowest BCUT2D eigenvalue weighted by atomic mass is 9.69. The Bertz CT molecular complexity index is 417. The maximum atomic E-state index is 5.51. The minimum absolute atomic E-state index is 0.706. The predicted octanol–water partition coefficient (Wildman–Crippen LogP) is 2.75. The zero-order valence-corrected chi connectivity index (χ0v) is 10.2. The Balaban J connectivity index is 1.85. The van der Waals surface area contributed by atoms with E-state index in [2.05, 4.69) is 41.2 Å². The summed E-state index contributed by atoms with van der Waals surface area (Å²) in [6, 6.07) is 11.0. The highest BCUT2D eigenvalue weighted by Crippen LogP contribution is 2.43. The first-order chi connectivity index (χ1) is 8.38. The maximum Gasteiger partial charge on any atom is 0.0129 e. The van der Waals surface area contributed by atoms with E-state index in [4.69, 9.17) is 6.42 Å². The minimum Gasteiger partial charge on any atom is -0.302 e. The summed E-state index contributed by atoms with van der Waals surface area (Å²) in [7, 11) is 0. The summed E-state index contributed by atoms with van der Waals surface area (Å²) in [5, 5.41) is 0. The summed E-state index contributed by atoms with van der Waals surface area (Å²) in [5.41, 5.74) is 1.50. The summed E-state index contributed by atoms with van der Waals surface area (Å²) in [5.74, 6) is 5.09.